The van der Waals surface area contributed by atoms with Crippen LogP contribution in [0, 0.1) is 0 Å². The van der Waals surface area contributed by atoms with E-state index in [0.717, 1.165) is 17.3 Å². The lowest BCUT2D eigenvalue weighted by Crippen LogP contribution is -2.15. The summed E-state index contributed by atoms with van der Waals surface area (Å²) >= 11 is 5.83. The summed E-state index contributed by atoms with van der Waals surface area (Å²) in [6.07, 6.45) is 1.02. The van der Waals surface area contributed by atoms with Crippen molar-refractivity contribution < 1.29 is 8.78 Å². The summed E-state index contributed by atoms with van der Waals surface area (Å²) in [6.45, 7) is 0. The van der Waals surface area contributed by atoms with Crippen molar-refractivity contribution in [3.05, 3.63) is 71.0 Å². The lowest BCUT2D eigenvalue weighted by molar-refractivity contribution is 0.0379. The van der Waals surface area contributed by atoms with E-state index in [9.17, 15) is 8.78 Å². The zero-order valence-electron chi connectivity index (χ0n) is 10.7. The lowest BCUT2D eigenvalue weighted by Gasteiger charge is -2.14. The first-order valence-corrected chi connectivity index (χ1v) is 6.56. The lowest BCUT2D eigenvalue weighted by atomic mass is 10.0. The minimum atomic E-state index is -3.18. The molecule has 0 atom stereocenters. The van der Waals surface area contributed by atoms with Gasteiger partial charge in [-0.2, -0.15) is 24.2 Å². The largest absolute Gasteiger partial charge is 0.318 e. The Morgan fingerprint density at radius 3 is 2.00 bits per heavy atom. The standard InChI is InChI=1S/C15H10ClF2N3/c16-13-7-3-11(4-8-13)10-1-5-12(6-2-10)15(17,18)14-9-19-21-20-14/h1-9H,(H,19,20,21). The topological polar surface area (TPSA) is 41.6 Å². The van der Waals surface area contributed by atoms with Crippen LogP contribution >= 0.6 is 11.6 Å². The van der Waals surface area contributed by atoms with E-state index >= 15 is 0 Å². The Labute approximate surface area is 124 Å². The maximum Gasteiger partial charge on any atom is 0.318 e. The van der Waals surface area contributed by atoms with Crippen LogP contribution in [0.25, 0.3) is 11.1 Å². The number of aromatic nitrogens is 3. The third-order valence-electron chi connectivity index (χ3n) is 3.16. The molecule has 106 valence electrons. The number of halogens is 3. The van der Waals surface area contributed by atoms with Gasteiger partial charge in [0.15, 0.2) is 5.69 Å². The van der Waals surface area contributed by atoms with Crippen molar-refractivity contribution in [2.45, 2.75) is 5.92 Å². The smallest absolute Gasteiger partial charge is 0.198 e. The van der Waals surface area contributed by atoms with Gasteiger partial charge in [-0.25, -0.2) is 0 Å². The number of hydrogen-bond acceptors (Lipinski definition) is 2. The fourth-order valence-corrected chi connectivity index (χ4v) is 2.14. The molecule has 0 fully saturated rings. The molecule has 0 spiro atoms. The van der Waals surface area contributed by atoms with Crippen molar-refractivity contribution >= 4 is 11.6 Å². The highest BCUT2D eigenvalue weighted by Crippen LogP contribution is 2.34. The van der Waals surface area contributed by atoms with Crippen LogP contribution < -0.4 is 0 Å². The number of aromatic amines is 1. The second-order valence-corrected chi connectivity index (χ2v) is 4.95. The Hall–Kier alpha value is -2.27. The molecule has 0 bridgehead atoms. The van der Waals surface area contributed by atoms with E-state index in [1.165, 1.54) is 12.1 Å². The maximum absolute atomic E-state index is 14.2. The van der Waals surface area contributed by atoms with Gasteiger partial charge in [0, 0.05) is 10.6 Å². The second-order valence-electron chi connectivity index (χ2n) is 4.51. The third-order valence-corrected chi connectivity index (χ3v) is 3.41. The van der Waals surface area contributed by atoms with Crippen LogP contribution in [-0.4, -0.2) is 15.4 Å². The first-order valence-electron chi connectivity index (χ1n) is 6.18. The van der Waals surface area contributed by atoms with Crippen LogP contribution in [0.1, 0.15) is 11.3 Å². The molecule has 0 unspecified atom stereocenters. The third kappa shape index (κ3) is 2.64. The van der Waals surface area contributed by atoms with Gasteiger partial charge in [-0.15, -0.1) is 0 Å². The Morgan fingerprint density at radius 2 is 1.48 bits per heavy atom. The average Bonchev–Trinajstić information content (AvgIpc) is 3.03. The molecule has 6 heteroatoms. The minimum absolute atomic E-state index is 0.130. The van der Waals surface area contributed by atoms with Gasteiger partial charge in [0.25, 0.3) is 0 Å². The summed E-state index contributed by atoms with van der Waals surface area (Å²) < 4.78 is 28.3. The van der Waals surface area contributed by atoms with Crippen LogP contribution in [0.4, 0.5) is 8.78 Å². The molecule has 0 aliphatic rings. The quantitative estimate of drug-likeness (QED) is 0.785. The summed E-state index contributed by atoms with van der Waals surface area (Å²) in [4.78, 5) is 0. The van der Waals surface area contributed by atoms with E-state index in [2.05, 4.69) is 15.4 Å². The second kappa shape index (κ2) is 5.26. The van der Waals surface area contributed by atoms with Gasteiger partial charge in [0.2, 0.25) is 0 Å². The number of rotatable bonds is 3. The van der Waals surface area contributed by atoms with Crippen molar-refractivity contribution in [1.82, 2.24) is 15.4 Å². The fraction of sp³-hybridized carbons (Fsp3) is 0.0667. The van der Waals surface area contributed by atoms with Crippen molar-refractivity contribution in [3.63, 3.8) is 0 Å². The van der Waals surface area contributed by atoms with Crippen LogP contribution in [0.15, 0.2) is 54.7 Å². The van der Waals surface area contributed by atoms with Gasteiger partial charge >= 0.3 is 5.92 Å². The molecule has 21 heavy (non-hydrogen) atoms. The Balaban J connectivity index is 1.92. The highest BCUT2D eigenvalue weighted by atomic mass is 35.5. The summed E-state index contributed by atoms with van der Waals surface area (Å²) in [5.74, 6) is -3.18. The maximum atomic E-state index is 14.2. The molecule has 3 rings (SSSR count). The Kier molecular flexibility index (Phi) is 3.43. The van der Waals surface area contributed by atoms with E-state index in [0.29, 0.717) is 5.02 Å². The minimum Gasteiger partial charge on any atom is -0.198 e. The molecule has 0 amide bonds. The number of benzene rings is 2. The van der Waals surface area contributed by atoms with Crippen LogP contribution in [0.5, 0.6) is 0 Å². The molecule has 3 nitrogen and oxygen atoms in total. The van der Waals surface area contributed by atoms with E-state index in [1.54, 1.807) is 24.3 Å². The summed E-state index contributed by atoms with van der Waals surface area (Å²) in [7, 11) is 0. The molecular formula is C15H10ClF2N3. The van der Waals surface area contributed by atoms with Gasteiger partial charge in [0.1, 0.15) is 0 Å². The van der Waals surface area contributed by atoms with E-state index in [-0.39, 0.29) is 5.56 Å². The average molecular weight is 306 g/mol. The number of hydrogen-bond donors (Lipinski definition) is 1. The number of alkyl halides is 2. The number of nitrogens with one attached hydrogen (secondary N) is 1. The van der Waals surface area contributed by atoms with E-state index in [4.69, 9.17) is 11.6 Å². The molecule has 1 aromatic heterocycles. The fourth-order valence-electron chi connectivity index (χ4n) is 2.02. The van der Waals surface area contributed by atoms with Gasteiger partial charge in [-0.1, -0.05) is 48.0 Å². The van der Waals surface area contributed by atoms with Gasteiger partial charge in [0.05, 0.1) is 6.20 Å². The highest BCUT2D eigenvalue weighted by Gasteiger charge is 2.36. The molecule has 1 N–H and O–H groups in total. The van der Waals surface area contributed by atoms with Gasteiger partial charge < -0.3 is 0 Å². The van der Waals surface area contributed by atoms with Crippen molar-refractivity contribution in [1.29, 1.82) is 0 Å². The normalized spacial score (nSPS) is 11.6. The first-order chi connectivity index (χ1) is 10.1. The van der Waals surface area contributed by atoms with E-state index < -0.39 is 11.6 Å². The molecule has 0 saturated carbocycles. The molecule has 3 aromatic rings. The van der Waals surface area contributed by atoms with Crippen molar-refractivity contribution in [3.8, 4) is 11.1 Å². The molecule has 0 radical (unpaired) electrons. The van der Waals surface area contributed by atoms with E-state index in [1.807, 2.05) is 12.1 Å². The molecule has 1 heterocycles. The van der Waals surface area contributed by atoms with Crippen LogP contribution in [0.2, 0.25) is 5.02 Å². The monoisotopic (exact) mass is 305 g/mol. The molecule has 0 aliphatic heterocycles. The van der Waals surface area contributed by atoms with Crippen molar-refractivity contribution in [2.24, 2.45) is 0 Å². The van der Waals surface area contributed by atoms with Crippen LogP contribution in [0.3, 0.4) is 0 Å². The summed E-state index contributed by atoms with van der Waals surface area (Å²) in [5.41, 5.74) is 1.22. The molecule has 0 saturated heterocycles. The zero-order chi connectivity index (χ0) is 14.9. The Bertz CT molecular complexity index is 723. The predicted molar refractivity (Wildman–Crippen MR) is 76.3 cm³/mol. The summed E-state index contributed by atoms with van der Waals surface area (Å²) in [5, 5.41) is 9.70. The number of H-pyrrole nitrogens is 1. The van der Waals surface area contributed by atoms with Crippen molar-refractivity contribution in [2.75, 3.05) is 0 Å². The summed E-state index contributed by atoms with van der Waals surface area (Å²) in [6, 6.07) is 13.3. The molecular weight excluding hydrogens is 296 g/mol. The SMILES string of the molecule is FC(F)(c1ccc(-c2ccc(Cl)cc2)cc1)c1cn[nH]n1. The van der Waals surface area contributed by atoms with Gasteiger partial charge in [-0.05, 0) is 23.3 Å². The highest BCUT2D eigenvalue weighted by molar-refractivity contribution is 6.30. The predicted octanol–water partition coefficient (Wildman–Crippen LogP) is 4.27. The van der Waals surface area contributed by atoms with Crippen LogP contribution in [-0.2, 0) is 5.92 Å². The molecule has 2 aromatic carbocycles. The van der Waals surface area contributed by atoms with Gasteiger partial charge in [-0.3, -0.25) is 0 Å². The zero-order valence-corrected chi connectivity index (χ0v) is 11.5. The first kappa shape index (κ1) is 13.7. The number of nitrogens with zero attached hydrogens (tertiary/aromatic N) is 2. The Morgan fingerprint density at radius 1 is 0.905 bits per heavy atom. The molecule has 0 aliphatic carbocycles.